The number of likely N-dealkylation sites (N-methyl/N-ethyl adjacent to an activating group) is 1. The van der Waals surface area contributed by atoms with Gasteiger partial charge in [0.1, 0.15) is 6.04 Å². The summed E-state index contributed by atoms with van der Waals surface area (Å²) in [7, 11) is 0. The Morgan fingerprint density at radius 3 is 2.30 bits per heavy atom. The van der Waals surface area contributed by atoms with Gasteiger partial charge in [0, 0.05) is 13.1 Å². The second-order valence-corrected chi connectivity index (χ2v) is 5.24. The van der Waals surface area contributed by atoms with Crippen LogP contribution in [0.4, 0.5) is 4.79 Å². The number of carbonyl (C=O) groups is 3. The minimum absolute atomic E-state index is 0.0935. The minimum Gasteiger partial charge on any atom is -0.481 e. The second kappa shape index (κ2) is 7.12. The third-order valence-electron chi connectivity index (χ3n) is 3.69. The van der Waals surface area contributed by atoms with Crippen LogP contribution in [0.5, 0.6) is 0 Å². The fourth-order valence-corrected chi connectivity index (χ4v) is 2.41. The van der Waals surface area contributed by atoms with Crippen LogP contribution >= 0.6 is 0 Å². The van der Waals surface area contributed by atoms with Crippen LogP contribution in [0.2, 0.25) is 0 Å². The molecule has 0 aromatic rings. The van der Waals surface area contributed by atoms with Gasteiger partial charge in [-0.2, -0.15) is 0 Å². The maximum atomic E-state index is 11.7. The van der Waals surface area contributed by atoms with E-state index in [1.165, 1.54) is 0 Å². The molecule has 0 spiro atoms. The number of rotatable bonds is 6. The standard InChI is InChI=1S/C13H23N3O4/c1-3-14-10(17)9(2)16-12(20)15-8-13(11(18)19)6-4-5-7-13/h9H,3-8H2,1-2H3,(H,14,17)(H,18,19)(H2,15,16,20). The second-order valence-electron chi connectivity index (χ2n) is 5.24. The quantitative estimate of drug-likeness (QED) is 0.568. The first-order valence-corrected chi connectivity index (χ1v) is 6.97. The summed E-state index contributed by atoms with van der Waals surface area (Å²) in [5.74, 6) is -1.14. The molecular formula is C13H23N3O4. The minimum atomic E-state index is -0.868. The molecule has 1 saturated carbocycles. The topological polar surface area (TPSA) is 108 Å². The highest BCUT2D eigenvalue weighted by Gasteiger charge is 2.41. The third-order valence-corrected chi connectivity index (χ3v) is 3.69. The summed E-state index contributed by atoms with van der Waals surface area (Å²) in [4.78, 5) is 34.5. The van der Waals surface area contributed by atoms with E-state index >= 15 is 0 Å². The highest BCUT2D eigenvalue weighted by molar-refractivity contribution is 5.86. The molecule has 0 bridgehead atoms. The predicted molar refractivity (Wildman–Crippen MR) is 73.2 cm³/mol. The summed E-state index contributed by atoms with van der Waals surface area (Å²) in [5, 5.41) is 16.9. The molecule has 0 aliphatic heterocycles. The van der Waals surface area contributed by atoms with E-state index in [0.29, 0.717) is 19.4 Å². The average Bonchev–Trinajstić information content (AvgIpc) is 2.86. The Kier molecular flexibility index (Phi) is 5.79. The molecule has 0 aromatic carbocycles. The van der Waals surface area contributed by atoms with Gasteiger partial charge in [0.2, 0.25) is 5.91 Å². The molecule has 1 atom stereocenters. The summed E-state index contributed by atoms with van der Waals surface area (Å²) in [6, 6.07) is -1.17. The van der Waals surface area contributed by atoms with E-state index < -0.39 is 23.5 Å². The molecule has 0 aromatic heterocycles. The Bertz CT molecular complexity index is 378. The molecule has 3 amide bonds. The van der Waals surface area contributed by atoms with Crippen LogP contribution in [0.1, 0.15) is 39.5 Å². The lowest BCUT2D eigenvalue weighted by molar-refractivity contribution is -0.148. The SMILES string of the molecule is CCNC(=O)C(C)NC(=O)NCC1(C(=O)O)CCCC1. The van der Waals surface area contributed by atoms with Crippen molar-refractivity contribution in [3.05, 3.63) is 0 Å². The summed E-state index contributed by atoms with van der Waals surface area (Å²) in [5.41, 5.74) is -0.855. The van der Waals surface area contributed by atoms with Gasteiger partial charge in [-0.1, -0.05) is 12.8 Å². The van der Waals surface area contributed by atoms with Gasteiger partial charge in [0.05, 0.1) is 5.41 Å². The van der Waals surface area contributed by atoms with Gasteiger partial charge in [0.15, 0.2) is 0 Å². The number of amides is 3. The van der Waals surface area contributed by atoms with Gasteiger partial charge in [0.25, 0.3) is 0 Å². The molecule has 0 heterocycles. The largest absolute Gasteiger partial charge is 0.481 e. The number of nitrogens with one attached hydrogen (secondary N) is 3. The molecule has 114 valence electrons. The molecule has 4 N–H and O–H groups in total. The van der Waals surface area contributed by atoms with Crippen LogP contribution in [-0.2, 0) is 9.59 Å². The van der Waals surface area contributed by atoms with Crippen LogP contribution in [0, 0.1) is 5.41 Å². The van der Waals surface area contributed by atoms with E-state index in [0.717, 1.165) is 12.8 Å². The molecule has 0 radical (unpaired) electrons. The maximum Gasteiger partial charge on any atom is 0.315 e. The van der Waals surface area contributed by atoms with Crippen molar-refractivity contribution in [2.45, 2.75) is 45.6 Å². The Labute approximate surface area is 118 Å². The van der Waals surface area contributed by atoms with E-state index in [1.807, 2.05) is 0 Å². The van der Waals surface area contributed by atoms with Crippen molar-refractivity contribution in [1.29, 1.82) is 0 Å². The summed E-state index contributed by atoms with van der Waals surface area (Å²) < 4.78 is 0. The summed E-state index contributed by atoms with van der Waals surface area (Å²) >= 11 is 0. The summed E-state index contributed by atoms with van der Waals surface area (Å²) in [6.45, 7) is 3.96. The zero-order valence-corrected chi connectivity index (χ0v) is 12.0. The van der Waals surface area contributed by atoms with E-state index in [2.05, 4.69) is 16.0 Å². The molecule has 1 rings (SSSR count). The normalized spacial score (nSPS) is 18.1. The molecule has 7 heteroatoms. The average molecular weight is 285 g/mol. The lowest BCUT2D eigenvalue weighted by atomic mass is 9.86. The highest BCUT2D eigenvalue weighted by atomic mass is 16.4. The summed E-state index contributed by atoms with van der Waals surface area (Å²) in [6.07, 6.45) is 2.89. The van der Waals surface area contributed by atoms with Crippen LogP contribution < -0.4 is 16.0 Å². The number of carbonyl (C=O) groups excluding carboxylic acids is 2. The Balaban J connectivity index is 2.43. The Hall–Kier alpha value is -1.79. The number of aliphatic carboxylic acids is 1. The van der Waals surface area contributed by atoms with Gasteiger partial charge < -0.3 is 21.1 Å². The number of carboxylic acids is 1. The van der Waals surface area contributed by atoms with Crippen molar-refractivity contribution < 1.29 is 19.5 Å². The molecular weight excluding hydrogens is 262 g/mol. The van der Waals surface area contributed by atoms with Crippen LogP contribution in [0.15, 0.2) is 0 Å². The van der Waals surface area contributed by atoms with Gasteiger partial charge in [-0.25, -0.2) is 4.79 Å². The lowest BCUT2D eigenvalue weighted by Gasteiger charge is -2.24. The van der Waals surface area contributed by atoms with Crippen molar-refractivity contribution in [2.75, 3.05) is 13.1 Å². The molecule has 1 aliphatic rings. The first-order valence-electron chi connectivity index (χ1n) is 6.97. The van der Waals surface area contributed by atoms with E-state index in [-0.39, 0.29) is 12.5 Å². The Morgan fingerprint density at radius 1 is 1.20 bits per heavy atom. The van der Waals surface area contributed by atoms with E-state index in [1.54, 1.807) is 13.8 Å². The third kappa shape index (κ3) is 4.11. The molecule has 1 fully saturated rings. The highest BCUT2D eigenvalue weighted by Crippen LogP contribution is 2.37. The van der Waals surface area contributed by atoms with Crippen molar-refractivity contribution in [2.24, 2.45) is 5.41 Å². The van der Waals surface area contributed by atoms with Crippen LogP contribution in [0.25, 0.3) is 0 Å². The number of urea groups is 1. The molecule has 20 heavy (non-hydrogen) atoms. The van der Waals surface area contributed by atoms with Crippen molar-refractivity contribution in [3.8, 4) is 0 Å². The fourth-order valence-electron chi connectivity index (χ4n) is 2.41. The molecule has 1 aliphatic carbocycles. The lowest BCUT2D eigenvalue weighted by Crippen LogP contribution is -2.51. The van der Waals surface area contributed by atoms with Gasteiger partial charge >= 0.3 is 12.0 Å². The predicted octanol–water partition coefficient (Wildman–Crippen LogP) is 0.455. The maximum absolute atomic E-state index is 11.7. The zero-order valence-electron chi connectivity index (χ0n) is 12.0. The molecule has 1 unspecified atom stereocenters. The first-order chi connectivity index (χ1) is 9.41. The number of hydrogen-bond donors (Lipinski definition) is 4. The van der Waals surface area contributed by atoms with Gasteiger partial charge in [-0.3, -0.25) is 9.59 Å². The van der Waals surface area contributed by atoms with E-state index in [9.17, 15) is 19.5 Å². The van der Waals surface area contributed by atoms with Crippen molar-refractivity contribution in [1.82, 2.24) is 16.0 Å². The Morgan fingerprint density at radius 2 is 1.80 bits per heavy atom. The monoisotopic (exact) mass is 285 g/mol. The zero-order chi connectivity index (χ0) is 15.2. The number of carboxylic acid groups (broad SMARTS) is 1. The first kappa shape index (κ1) is 16.3. The molecule has 0 saturated heterocycles. The van der Waals surface area contributed by atoms with Gasteiger partial charge in [-0.15, -0.1) is 0 Å². The fraction of sp³-hybridized carbons (Fsp3) is 0.769. The van der Waals surface area contributed by atoms with E-state index in [4.69, 9.17) is 0 Å². The van der Waals surface area contributed by atoms with Crippen molar-refractivity contribution >= 4 is 17.9 Å². The van der Waals surface area contributed by atoms with Gasteiger partial charge in [-0.05, 0) is 26.7 Å². The molecule has 7 nitrogen and oxygen atoms in total. The smallest absolute Gasteiger partial charge is 0.315 e. The van der Waals surface area contributed by atoms with Crippen LogP contribution in [-0.4, -0.2) is 42.1 Å². The number of hydrogen-bond acceptors (Lipinski definition) is 3. The van der Waals surface area contributed by atoms with Crippen LogP contribution in [0.3, 0.4) is 0 Å². The van der Waals surface area contributed by atoms with Crippen molar-refractivity contribution in [3.63, 3.8) is 0 Å².